The van der Waals surface area contributed by atoms with E-state index in [1.165, 1.54) is 5.57 Å². The fourth-order valence-electron chi connectivity index (χ4n) is 4.74. The summed E-state index contributed by atoms with van der Waals surface area (Å²) < 4.78 is 10.3. The number of aliphatic hydroxyl groups excluding tert-OH is 5. The average Bonchev–Trinajstić information content (AvgIpc) is 3.02. The molecule has 1 aliphatic rings. The van der Waals surface area contributed by atoms with Gasteiger partial charge in [-0.15, -0.1) is 0 Å². The molecule has 0 bridgehead atoms. The summed E-state index contributed by atoms with van der Waals surface area (Å²) >= 11 is 0. The third kappa shape index (κ3) is 14.7. The van der Waals surface area contributed by atoms with Crippen molar-refractivity contribution in [2.75, 3.05) is 13.2 Å². The van der Waals surface area contributed by atoms with Crippen molar-refractivity contribution in [3.05, 3.63) is 94.7 Å². The number of rotatable bonds is 17. The van der Waals surface area contributed by atoms with Crippen molar-refractivity contribution in [2.24, 2.45) is 5.41 Å². The van der Waals surface area contributed by atoms with Gasteiger partial charge in [0.1, 0.15) is 31.0 Å². The summed E-state index contributed by atoms with van der Waals surface area (Å²) in [5, 5.41) is 47.5. The van der Waals surface area contributed by atoms with Gasteiger partial charge in [0.2, 0.25) is 0 Å². The smallest absolute Gasteiger partial charge is 0.307 e. The van der Waals surface area contributed by atoms with Crippen molar-refractivity contribution in [2.45, 2.75) is 98.2 Å². The maximum Gasteiger partial charge on any atom is 0.307 e. The molecule has 5 atom stereocenters. The molecule has 0 saturated carbocycles. The van der Waals surface area contributed by atoms with E-state index in [-0.39, 0.29) is 18.6 Å². The van der Waals surface area contributed by atoms with Crippen LogP contribution in [0.5, 0.6) is 0 Å². The lowest BCUT2D eigenvalue weighted by molar-refractivity contribution is -0.161. The Kier molecular flexibility index (Phi) is 18.1. The predicted octanol–water partition coefficient (Wildman–Crippen LogP) is 4.06. The van der Waals surface area contributed by atoms with E-state index in [2.05, 4.69) is 0 Å². The normalized spacial score (nSPS) is 20.8. The number of esters is 2. The summed E-state index contributed by atoms with van der Waals surface area (Å²) in [4.78, 5) is 37.6. The third-order valence-electron chi connectivity index (χ3n) is 7.53. The number of hydrogen-bond acceptors (Lipinski definition) is 10. The number of aliphatic hydroxyl groups is 5. The first kappa shape index (κ1) is 41.4. The van der Waals surface area contributed by atoms with Crippen LogP contribution in [0.25, 0.3) is 0 Å². The van der Waals surface area contributed by atoms with Gasteiger partial charge in [-0.05, 0) is 51.2 Å². The van der Waals surface area contributed by atoms with Crippen LogP contribution in [-0.2, 0) is 23.9 Å². The van der Waals surface area contributed by atoms with Crippen LogP contribution in [0.3, 0.4) is 0 Å². The van der Waals surface area contributed by atoms with Crippen LogP contribution in [0.4, 0.5) is 0 Å². The zero-order valence-electron chi connectivity index (χ0n) is 28.6. The molecule has 0 aliphatic heterocycles. The highest BCUT2D eigenvalue weighted by molar-refractivity contribution is 6.01. The Hall–Kier alpha value is -3.67. The zero-order chi connectivity index (χ0) is 35.7. The number of ether oxygens (including phenoxy) is 2. The molecular weight excluding hydrogens is 604 g/mol. The Labute approximate surface area is 278 Å². The summed E-state index contributed by atoms with van der Waals surface area (Å²) in [7, 11) is 0. The van der Waals surface area contributed by atoms with Crippen molar-refractivity contribution in [1.82, 2.24) is 0 Å². The molecular formula is C37H52O10. The molecule has 5 N–H and O–H groups in total. The van der Waals surface area contributed by atoms with Gasteiger partial charge >= 0.3 is 11.9 Å². The van der Waals surface area contributed by atoms with Crippen LogP contribution in [0.15, 0.2) is 94.7 Å². The van der Waals surface area contributed by atoms with E-state index < -0.39 is 67.5 Å². The zero-order valence-corrected chi connectivity index (χ0v) is 28.6. The molecule has 1 rings (SSSR count). The van der Waals surface area contributed by atoms with E-state index in [9.17, 15) is 34.8 Å². The number of hydrogen-bond donors (Lipinski definition) is 5. The Balaban J connectivity index is 2.74. The number of carbonyl (C=O) groups excluding carboxylic acids is 3. The minimum Gasteiger partial charge on any atom is -0.463 e. The van der Waals surface area contributed by atoms with Gasteiger partial charge in [-0.1, -0.05) is 97.4 Å². The van der Waals surface area contributed by atoms with Crippen LogP contribution in [-0.4, -0.2) is 87.0 Å². The van der Waals surface area contributed by atoms with Gasteiger partial charge in [0.15, 0.2) is 11.9 Å². The van der Waals surface area contributed by atoms with Crippen LogP contribution in [0.1, 0.15) is 67.7 Å². The van der Waals surface area contributed by atoms with Crippen LogP contribution >= 0.6 is 0 Å². The highest BCUT2D eigenvalue weighted by atomic mass is 16.6. The van der Waals surface area contributed by atoms with E-state index >= 15 is 0 Å². The maximum atomic E-state index is 13.1. The summed E-state index contributed by atoms with van der Waals surface area (Å²) in [6, 6.07) is 0. The minimum atomic E-state index is -1.88. The molecule has 0 aromatic rings. The van der Waals surface area contributed by atoms with Crippen molar-refractivity contribution in [1.29, 1.82) is 0 Å². The van der Waals surface area contributed by atoms with E-state index in [1.807, 2.05) is 108 Å². The van der Waals surface area contributed by atoms with Gasteiger partial charge in [-0.2, -0.15) is 0 Å². The molecule has 0 radical (unpaired) electrons. The lowest BCUT2D eigenvalue weighted by atomic mass is 9.71. The van der Waals surface area contributed by atoms with E-state index in [0.29, 0.717) is 5.57 Å². The first-order valence-electron chi connectivity index (χ1n) is 15.6. The van der Waals surface area contributed by atoms with Gasteiger partial charge in [-0.3, -0.25) is 14.4 Å². The highest BCUT2D eigenvalue weighted by Crippen LogP contribution is 2.40. The molecule has 0 fully saturated rings. The second-order valence-corrected chi connectivity index (χ2v) is 12.3. The molecule has 260 valence electrons. The van der Waals surface area contributed by atoms with E-state index in [4.69, 9.17) is 14.6 Å². The second kappa shape index (κ2) is 20.5. The summed E-state index contributed by atoms with van der Waals surface area (Å²) in [6.45, 7) is 12.1. The molecule has 0 aromatic heterocycles. The Bertz CT molecular complexity index is 1320. The molecule has 0 aromatic carbocycles. The van der Waals surface area contributed by atoms with Crippen molar-refractivity contribution in [3.63, 3.8) is 0 Å². The molecule has 0 spiro atoms. The fourth-order valence-corrected chi connectivity index (χ4v) is 4.74. The number of ketones is 1. The Morgan fingerprint density at radius 1 is 0.851 bits per heavy atom. The average molecular weight is 657 g/mol. The molecule has 0 heterocycles. The van der Waals surface area contributed by atoms with E-state index in [1.54, 1.807) is 6.92 Å². The highest BCUT2D eigenvalue weighted by Gasteiger charge is 2.40. The number of allylic oxidation sites excluding steroid dienone is 15. The van der Waals surface area contributed by atoms with Gasteiger partial charge in [-0.25, -0.2) is 0 Å². The van der Waals surface area contributed by atoms with Crippen LogP contribution < -0.4 is 0 Å². The lowest BCUT2D eigenvalue weighted by Crippen LogP contribution is -2.47. The second-order valence-electron chi connectivity index (χ2n) is 12.3. The van der Waals surface area contributed by atoms with Crippen molar-refractivity contribution < 1.29 is 49.4 Å². The molecule has 5 unspecified atom stereocenters. The summed E-state index contributed by atoms with van der Waals surface area (Å²) in [5.74, 6) is -1.96. The molecule has 10 heteroatoms. The van der Waals surface area contributed by atoms with E-state index in [0.717, 1.165) is 16.7 Å². The largest absolute Gasteiger partial charge is 0.463 e. The molecule has 0 saturated heterocycles. The standard InChI is InChI=1S/C37H52O10/c1-8-12-24(2)13-9-10-14-25(3)15-11-16-26(4)17-18-28-27(5)34(43)31(21-37(28,6)7)47-33(42)20-19-32(41)46-23-30(40)36(45)35(44)29(39)22-38/h8-18,29-31,35-36,38-40,44-45H,19-23H2,1-7H3. The van der Waals surface area contributed by atoms with Gasteiger partial charge in [0.25, 0.3) is 0 Å². The van der Waals surface area contributed by atoms with Crippen LogP contribution in [0, 0.1) is 5.41 Å². The third-order valence-corrected chi connectivity index (χ3v) is 7.53. The van der Waals surface area contributed by atoms with Crippen molar-refractivity contribution in [3.8, 4) is 0 Å². The number of carbonyl (C=O) groups is 3. The first-order valence-corrected chi connectivity index (χ1v) is 15.6. The predicted molar refractivity (Wildman–Crippen MR) is 181 cm³/mol. The fraction of sp³-hybridized carbons (Fsp3) is 0.486. The summed E-state index contributed by atoms with van der Waals surface area (Å²) in [5.41, 5.74) is 4.10. The molecule has 47 heavy (non-hydrogen) atoms. The quantitative estimate of drug-likeness (QED) is 0.114. The maximum absolute atomic E-state index is 13.1. The van der Waals surface area contributed by atoms with Gasteiger partial charge in [0, 0.05) is 6.42 Å². The minimum absolute atomic E-state index is 0.259. The SMILES string of the molecule is CC=CC(C)=CC=CC=C(C)C=CC=C(C)C=CC1=C(C)C(=O)C(OC(=O)CCC(=O)OCC(O)C(O)C(O)C(O)CO)CC1(C)C. The van der Waals surface area contributed by atoms with Gasteiger partial charge < -0.3 is 35.0 Å². The Morgan fingerprint density at radius 3 is 1.98 bits per heavy atom. The summed E-state index contributed by atoms with van der Waals surface area (Å²) in [6.07, 6.45) is 13.2. The lowest BCUT2D eigenvalue weighted by Gasteiger charge is -2.36. The van der Waals surface area contributed by atoms with Crippen LogP contribution in [0.2, 0.25) is 0 Å². The molecule has 0 amide bonds. The number of Topliss-reactive ketones (excluding diaryl/α,β-unsaturated/α-hetero) is 1. The van der Waals surface area contributed by atoms with Crippen molar-refractivity contribution >= 4 is 17.7 Å². The first-order chi connectivity index (χ1) is 22.0. The molecule has 1 aliphatic carbocycles. The molecule has 10 nitrogen and oxygen atoms in total. The topological polar surface area (TPSA) is 171 Å². The Morgan fingerprint density at radius 2 is 1.38 bits per heavy atom. The van der Waals surface area contributed by atoms with Gasteiger partial charge in [0.05, 0.1) is 19.4 Å². The monoisotopic (exact) mass is 656 g/mol.